The van der Waals surface area contributed by atoms with E-state index in [0.29, 0.717) is 6.04 Å². The average molecular weight is 269 g/mol. The molecule has 106 valence electrons. The molecule has 1 aliphatic rings. The van der Waals surface area contributed by atoms with Gasteiger partial charge in [0.25, 0.3) is 0 Å². The van der Waals surface area contributed by atoms with Crippen molar-refractivity contribution in [1.82, 2.24) is 15.3 Å². The summed E-state index contributed by atoms with van der Waals surface area (Å²) in [7, 11) is 0. The molecule has 2 N–H and O–H groups in total. The maximum absolute atomic E-state index is 4.59. The van der Waals surface area contributed by atoms with Gasteiger partial charge in [-0.3, -0.25) is 0 Å². The highest BCUT2D eigenvalue weighted by Gasteiger charge is 2.16. The zero-order chi connectivity index (χ0) is 13.9. The Labute approximate surface area is 120 Å². The Morgan fingerprint density at radius 2 is 2.00 bits per heavy atom. The molecule has 2 aromatic rings. The maximum Gasteiger partial charge on any atom is 0.123 e. The summed E-state index contributed by atoms with van der Waals surface area (Å²) in [5, 5.41) is 3.59. The van der Waals surface area contributed by atoms with Gasteiger partial charge < -0.3 is 10.3 Å². The molecule has 0 amide bonds. The van der Waals surface area contributed by atoms with Crippen molar-refractivity contribution in [2.75, 3.05) is 6.54 Å². The Morgan fingerprint density at radius 1 is 1.10 bits per heavy atom. The molecule has 0 spiro atoms. The molecule has 20 heavy (non-hydrogen) atoms. The SMILES string of the molecule is Cc1ccc(-c2cnc(C3CCCCCN3)[nH]2)cc1C. The largest absolute Gasteiger partial charge is 0.341 e. The quantitative estimate of drug-likeness (QED) is 0.868. The van der Waals surface area contributed by atoms with Crippen molar-refractivity contribution in [3.63, 3.8) is 0 Å². The molecule has 3 nitrogen and oxygen atoms in total. The predicted octanol–water partition coefficient (Wildman–Crippen LogP) is 3.90. The molecule has 1 aromatic heterocycles. The third kappa shape index (κ3) is 2.78. The number of hydrogen-bond donors (Lipinski definition) is 2. The number of H-pyrrole nitrogens is 1. The number of nitrogens with zero attached hydrogens (tertiary/aromatic N) is 1. The van der Waals surface area contributed by atoms with E-state index >= 15 is 0 Å². The van der Waals surface area contributed by atoms with E-state index in [2.05, 4.69) is 47.3 Å². The standard InChI is InChI=1S/C17H23N3/c1-12-7-8-14(10-13(12)2)16-11-19-17(20-16)15-6-4-3-5-9-18-15/h7-8,10-11,15,18H,3-6,9H2,1-2H3,(H,19,20). The smallest absolute Gasteiger partial charge is 0.123 e. The Balaban J connectivity index is 1.83. The molecule has 1 fully saturated rings. The monoisotopic (exact) mass is 269 g/mol. The minimum absolute atomic E-state index is 0.387. The van der Waals surface area contributed by atoms with Gasteiger partial charge in [-0.05, 0) is 56.0 Å². The van der Waals surface area contributed by atoms with Gasteiger partial charge in [-0.1, -0.05) is 25.0 Å². The zero-order valence-electron chi connectivity index (χ0n) is 12.4. The number of imidazole rings is 1. The fraction of sp³-hybridized carbons (Fsp3) is 0.471. The van der Waals surface area contributed by atoms with Crippen LogP contribution in [0.1, 0.15) is 48.7 Å². The van der Waals surface area contributed by atoms with Crippen LogP contribution in [0.15, 0.2) is 24.4 Å². The third-order valence-electron chi connectivity index (χ3n) is 4.30. The van der Waals surface area contributed by atoms with Crippen molar-refractivity contribution in [2.24, 2.45) is 0 Å². The highest BCUT2D eigenvalue weighted by Crippen LogP contribution is 2.25. The van der Waals surface area contributed by atoms with E-state index in [4.69, 9.17) is 0 Å². The van der Waals surface area contributed by atoms with Crippen LogP contribution in [0.5, 0.6) is 0 Å². The second-order valence-electron chi connectivity index (χ2n) is 5.84. The van der Waals surface area contributed by atoms with Crippen LogP contribution < -0.4 is 5.32 Å². The Kier molecular flexibility index (Phi) is 3.88. The van der Waals surface area contributed by atoms with Gasteiger partial charge in [-0.25, -0.2) is 4.98 Å². The van der Waals surface area contributed by atoms with E-state index < -0.39 is 0 Å². The Morgan fingerprint density at radius 3 is 2.85 bits per heavy atom. The number of benzene rings is 1. The molecule has 0 radical (unpaired) electrons. The summed E-state index contributed by atoms with van der Waals surface area (Å²) in [4.78, 5) is 8.09. The number of aryl methyl sites for hydroxylation is 2. The van der Waals surface area contributed by atoms with Crippen LogP contribution in [0.25, 0.3) is 11.3 Å². The molecular weight excluding hydrogens is 246 g/mol. The number of nitrogens with one attached hydrogen (secondary N) is 2. The summed E-state index contributed by atoms with van der Waals surface area (Å²) < 4.78 is 0. The highest BCUT2D eigenvalue weighted by molar-refractivity contribution is 5.60. The number of rotatable bonds is 2. The summed E-state index contributed by atoms with van der Waals surface area (Å²) in [6.07, 6.45) is 7.04. The predicted molar refractivity (Wildman–Crippen MR) is 82.7 cm³/mol. The van der Waals surface area contributed by atoms with Gasteiger partial charge in [-0.2, -0.15) is 0 Å². The summed E-state index contributed by atoms with van der Waals surface area (Å²) in [6.45, 7) is 5.40. The lowest BCUT2D eigenvalue weighted by Gasteiger charge is -2.12. The molecule has 1 aliphatic heterocycles. The lowest BCUT2D eigenvalue weighted by molar-refractivity contribution is 0.512. The van der Waals surface area contributed by atoms with Crippen LogP contribution in [0, 0.1) is 13.8 Å². The highest BCUT2D eigenvalue weighted by atomic mass is 15.0. The zero-order valence-corrected chi connectivity index (χ0v) is 12.4. The number of aromatic amines is 1. The maximum atomic E-state index is 4.59. The van der Waals surface area contributed by atoms with Gasteiger partial charge in [-0.15, -0.1) is 0 Å². The fourth-order valence-electron chi connectivity index (χ4n) is 2.83. The van der Waals surface area contributed by atoms with Crippen LogP contribution in [0.4, 0.5) is 0 Å². The second-order valence-corrected chi connectivity index (χ2v) is 5.84. The van der Waals surface area contributed by atoms with Crippen molar-refractivity contribution in [3.8, 4) is 11.3 Å². The lowest BCUT2D eigenvalue weighted by atomic mass is 10.0. The Bertz CT molecular complexity index is 578. The van der Waals surface area contributed by atoms with E-state index in [0.717, 1.165) is 18.1 Å². The minimum Gasteiger partial charge on any atom is -0.341 e. The van der Waals surface area contributed by atoms with Gasteiger partial charge in [0.1, 0.15) is 5.82 Å². The summed E-state index contributed by atoms with van der Waals surface area (Å²) in [5.41, 5.74) is 5.00. The van der Waals surface area contributed by atoms with E-state index in [1.807, 2.05) is 6.20 Å². The molecule has 1 unspecified atom stereocenters. The minimum atomic E-state index is 0.387. The average Bonchev–Trinajstić information content (AvgIpc) is 2.78. The molecule has 1 aromatic carbocycles. The first-order valence-electron chi connectivity index (χ1n) is 7.60. The number of aromatic nitrogens is 2. The van der Waals surface area contributed by atoms with Gasteiger partial charge >= 0.3 is 0 Å². The van der Waals surface area contributed by atoms with Gasteiger partial charge in [0.15, 0.2) is 0 Å². The first-order chi connectivity index (χ1) is 9.74. The number of hydrogen-bond acceptors (Lipinski definition) is 2. The molecule has 2 heterocycles. The molecule has 3 rings (SSSR count). The van der Waals surface area contributed by atoms with Crippen LogP contribution in [0.3, 0.4) is 0 Å². The topological polar surface area (TPSA) is 40.7 Å². The van der Waals surface area contributed by atoms with Crippen LogP contribution in [0.2, 0.25) is 0 Å². The van der Waals surface area contributed by atoms with E-state index in [-0.39, 0.29) is 0 Å². The summed E-state index contributed by atoms with van der Waals surface area (Å²) >= 11 is 0. The van der Waals surface area contributed by atoms with Crippen molar-refractivity contribution in [2.45, 2.75) is 45.6 Å². The lowest BCUT2D eigenvalue weighted by Crippen LogP contribution is -2.21. The normalized spacial score (nSPS) is 19.8. The van der Waals surface area contributed by atoms with Crippen molar-refractivity contribution in [1.29, 1.82) is 0 Å². The van der Waals surface area contributed by atoms with Crippen LogP contribution >= 0.6 is 0 Å². The van der Waals surface area contributed by atoms with Gasteiger partial charge in [0.05, 0.1) is 17.9 Å². The Hall–Kier alpha value is -1.61. The molecule has 1 atom stereocenters. The van der Waals surface area contributed by atoms with Crippen LogP contribution in [-0.4, -0.2) is 16.5 Å². The van der Waals surface area contributed by atoms with Crippen molar-refractivity contribution in [3.05, 3.63) is 41.3 Å². The molecule has 3 heteroatoms. The second kappa shape index (κ2) is 5.80. The van der Waals surface area contributed by atoms with Gasteiger partial charge in [0, 0.05) is 0 Å². The molecule has 0 bridgehead atoms. The fourth-order valence-corrected chi connectivity index (χ4v) is 2.83. The van der Waals surface area contributed by atoms with E-state index in [9.17, 15) is 0 Å². The molecular formula is C17H23N3. The first-order valence-corrected chi connectivity index (χ1v) is 7.60. The molecule has 1 saturated heterocycles. The molecule has 0 aliphatic carbocycles. The summed E-state index contributed by atoms with van der Waals surface area (Å²) in [5.74, 6) is 1.08. The summed E-state index contributed by atoms with van der Waals surface area (Å²) in [6, 6.07) is 6.96. The van der Waals surface area contributed by atoms with E-state index in [1.165, 1.54) is 42.4 Å². The van der Waals surface area contributed by atoms with Gasteiger partial charge in [0.2, 0.25) is 0 Å². The van der Waals surface area contributed by atoms with Crippen LogP contribution in [-0.2, 0) is 0 Å². The first kappa shape index (κ1) is 13.4. The third-order valence-corrected chi connectivity index (χ3v) is 4.30. The van der Waals surface area contributed by atoms with Crippen molar-refractivity contribution < 1.29 is 0 Å². The molecule has 0 saturated carbocycles. The van der Waals surface area contributed by atoms with Crippen molar-refractivity contribution >= 4 is 0 Å². The van der Waals surface area contributed by atoms with E-state index in [1.54, 1.807) is 0 Å².